The van der Waals surface area contributed by atoms with E-state index in [9.17, 15) is 0 Å². The van der Waals surface area contributed by atoms with E-state index in [0.717, 1.165) is 12.3 Å². The van der Waals surface area contributed by atoms with Crippen LogP contribution in [0.15, 0.2) is 5.10 Å². The number of nitrogens with zero attached hydrogens (tertiary/aromatic N) is 2. The van der Waals surface area contributed by atoms with Crippen LogP contribution in [0.25, 0.3) is 0 Å². The quantitative estimate of drug-likeness (QED) is 0.576. The molecule has 0 radical (unpaired) electrons. The van der Waals surface area contributed by atoms with Crippen molar-refractivity contribution >= 4 is 5.71 Å². The van der Waals surface area contributed by atoms with Crippen LogP contribution in [0.4, 0.5) is 0 Å². The Hall–Kier alpha value is -0.570. The lowest BCUT2D eigenvalue weighted by atomic mass is 10.1. The standard InChI is InChI=1S/C7H14N2O/c1-5-9-7(3,10-4)6(2)8-9/h5H2,1-4H3. The molecular weight excluding hydrogens is 128 g/mol. The van der Waals surface area contributed by atoms with Gasteiger partial charge in [-0.15, -0.1) is 0 Å². The first-order chi connectivity index (χ1) is 4.65. The van der Waals surface area contributed by atoms with Crippen molar-refractivity contribution in [3.05, 3.63) is 0 Å². The Kier molecular flexibility index (Phi) is 1.68. The zero-order valence-electron chi connectivity index (χ0n) is 7.01. The van der Waals surface area contributed by atoms with Gasteiger partial charge in [-0.3, -0.25) is 5.01 Å². The van der Waals surface area contributed by atoms with Gasteiger partial charge in [0.25, 0.3) is 0 Å². The van der Waals surface area contributed by atoms with Crippen LogP contribution in [0.5, 0.6) is 0 Å². The molecule has 58 valence electrons. The van der Waals surface area contributed by atoms with E-state index in [1.807, 2.05) is 18.9 Å². The SMILES string of the molecule is CCN1N=C(C)C1(C)OC. The van der Waals surface area contributed by atoms with Crippen LogP contribution in [0, 0.1) is 0 Å². The lowest BCUT2D eigenvalue weighted by Crippen LogP contribution is -2.58. The van der Waals surface area contributed by atoms with Crippen molar-refractivity contribution in [3.8, 4) is 0 Å². The van der Waals surface area contributed by atoms with Crippen LogP contribution in [-0.2, 0) is 4.74 Å². The largest absolute Gasteiger partial charge is 0.352 e. The second-order valence-corrected chi connectivity index (χ2v) is 2.59. The van der Waals surface area contributed by atoms with E-state index < -0.39 is 0 Å². The minimum Gasteiger partial charge on any atom is -0.352 e. The van der Waals surface area contributed by atoms with Gasteiger partial charge in [-0.1, -0.05) is 0 Å². The van der Waals surface area contributed by atoms with Crippen LogP contribution < -0.4 is 0 Å². The molecule has 0 N–H and O–H groups in total. The second kappa shape index (κ2) is 2.23. The zero-order valence-corrected chi connectivity index (χ0v) is 7.01. The number of rotatable bonds is 2. The third kappa shape index (κ3) is 0.736. The van der Waals surface area contributed by atoms with E-state index in [1.54, 1.807) is 7.11 Å². The fourth-order valence-electron chi connectivity index (χ4n) is 1.14. The average molecular weight is 142 g/mol. The Bertz CT molecular complexity index is 167. The Morgan fingerprint density at radius 3 is 2.50 bits per heavy atom. The smallest absolute Gasteiger partial charge is 0.193 e. The van der Waals surface area contributed by atoms with Crippen LogP contribution >= 0.6 is 0 Å². The van der Waals surface area contributed by atoms with Crippen LogP contribution in [0.2, 0.25) is 0 Å². The highest BCUT2D eigenvalue weighted by atomic mass is 16.5. The summed E-state index contributed by atoms with van der Waals surface area (Å²) >= 11 is 0. The molecule has 0 fully saturated rings. The number of hydrogen-bond donors (Lipinski definition) is 0. The highest BCUT2D eigenvalue weighted by Crippen LogP contribution is 2.26. The van der Waals surface area contributed by atoms with Gasteiger partial charge in [0.1, 0.15) is 0 Å². The summed E-state index contributed by atoms with van der Waals surface area (Å²) in [6.07, 6.45) is 0. The molecule has 0 spiro atoms. The predicted molar refractivity (Wildman–Crippen MR) is 40.9 cm³/mol. The van der Waals surface area contributed by atoms with Crippen molar-refractivity contribution in [3.63, 3.8) is 0 Å². The summed E-state index contributed by atoms with van der Waals surface area (Å²) < 4.78 is 5.28. The van der Waals surface area contributed by atoms with Gasteiger partial charge in [-0.2, -0.15) is 5.10 Å². The third-order valence-corrected chi connectivity index (χ3v) is 2.13. The molecule has 3 heteroatoms. The molecule has 1 aliphatic rings. The molecule has 0 saturated heterocycles. The normalized spacial score (nSPS) is 31.6. The highest BCUT2D eigenvalue weighted by molar-refractivity contribution is 5.93. The van der Waals surface area contributed by atoms with E-state index >= 15 is 0 Å². The Balaban J connectivity index is 2.70. The summed E-state index contributed by atoms with van der Waals surface area (Å²) in [6.45, 7) is 6.98. The van der Waals surface area contributed by atoms with Crippen LogP contribution in [-0.4, -0.2) is 30.1 Å². The number of hydrazone groups is 1. The summed E-state index contributed by atoms with van der Waals surface area (Å²) in [7, 11) is 1.71. The molecule has 3 nitrogen and oxygen atoms in total. The number of ether oxygens (including phenoxy) is 1. The molecule has 1 rings (SSSR count). The lowest BCUT2D eigenvalue weighted by Gasteiger charge is -2.45. The van der Waals surface area contributed by atoms with Crippen molar-refractivity contribution in [1.29, 1.82) is 0 Å². The fraction of sp³-hybridized carbons (Fsp3) is 0.857. The van der Waals surface area contributed by atoms with Crippen molar-refractivity contribution in [1.82, 2.24) is 5.01 Å². The molecule has 0 amide bonds. The van der Waals surface area contributed by atoms with Gasteiger partial charge < -0.3 is 4.74 Å². The lowest BCUT2D eigenvalue weighted by molar-refractivity contribution is -0.0936. The van der Waals surface area contributed by atoms with Gasteiger partial charge in [0, 0.05) is 13.7 Å². The van der Waals surface area contributed by atoms with Crippen LogP contribution in [0.3, 0.4) is 0 Å². The van der Waals surface area contributed by atoms with Gasteiger partial charge in [0.2, 0.25) is 0 Å². The molecule has 0 bridgehead atoms. The average Bonchev–Trinajstić information content (AvgIpc) is 1.98. The van der Waals surface area contributed by atoms with Gasteiger partial charge in [-0.25, -0.2) is 0 Å². The van der Waals surface area contributed by atoms with Crippen molar-refractivity contribution in [2.75, 3.05) is 13.7 Å². The molecular formula is C7H14N2O. The van der Waals surface area contributed by atoms with Gasteiger partial charge in [0.05, 0.1) is 5.71 Å². The van der Waals surface area contributed by atoms with Gasteiger partial charge in [-0.05, 0) is 20.8 Å². The fourth-order valence-corrected chi connectivity index (χ4v) is 1.14. The summed E-state index contributed by atoms with van der Waals surface area (Å²) in [5, 5.41) is 6.12. The van der Waals surface area contributed by atoms with Crippen molar-refractivity contribution < 1.29 is 4.74 Å². The molecule has 1 atom stereocenters. The summed E-state index contributed by atoms with van der Waals surface area (Å²) in [5.74, 6) is 0. The number of hydrogen-bond acceptors (Lipinski definition) is 3. The Morgan fingerprint density at radius 1 is 1.70 bits per heavy atom. The maximum Gasteiger partial charge on any atom is 0.193 e. The molecule has 1 heterocycles. The molecule has 10 heavy (non-hydrogen) atoms. The summed E-state index contributed by atoms with van der Waals surface area (Å²) in [4.78, 5) is 0. The first-order valence-electron chi connectivity index (χ1n) is 3.53. The monoisotopic (exact) mass is 142 g/mol. The molecule has 1 aliphatic heterocycles. The Morgan fingerprint density at radius 2 is 2.30 bits per heavy atom. The molecule has 0 saturated carbocycles. The molecule has 0 aromatic heterocycles. The minimum absolute atomic E-state index is 0.227. The van der Waals surface area contributed by atoms with E-state index in [-0.39, 0.29) is 5.72 Å². The summed E-state index contributed by atoms with van der Waals surface area (Å²) in [6, 6.07) is 0. The molecule has 0 aromatic carbocycles. The zero-order chi connectivity index (χ0) is 7.78. The first-order valence-corrected chi connectivity index (χ1v) is 3.53. The first kappa shape index (κ1) is 7.54. The van der Waals surface area contributed by atoms with E-state index in [4.69, 9.17) is 4.74 Å². The van der Waals surface area contributed by atoms with E-state index in [0.29, 0.717) is 0 Å². The van der Waals surface area contributed by atoms with Gasteiger partial charge >= 0.3 is 0 Å². The predicted octanol–water partition coefficient (Wildman–Crippen LogP) is 1.06. The molecule has 1 unspecified atom stereocenters. The second-order valence-electron chi connectivity index (χ2n) is 2.59. The summed E-state index contributed by atoms with van der Waals surface area (Å²) in [5.41, 5.74) is 0.825. The third-order valence-electron chi connectivity index (χ3n) is 2.13. The Labute approximate surface area is 61.7 Å². The maximum absolute atomic E-state index is 5.28. The minimum atomic E-state index is -0.227. The van der Waals surface area contributed by atoms with Crippen molar-refractivity contribution in [2.45, 2.75) is 26.5 Å². The van der Waals surface area contributed by atoms with Crippen LogP contribution in [0.1, 0.15) is 20.8 Å². The topological polar surface area (TPSA) is 24.8 Å². The number of methoxy groups -OCH3 is 1. The van der Waals surface area contributed by atoms with Gasteiger partial charge in [0.15, 0.2) is 5.72 Å². The van der Waals surface area contributed by atoms with Crippen molar-refractivity contribution in [2.24, 2.45) is 5.10 Å². The molecule has 0 aromatic rings. The highest BCUT2D eigenvalue weighted by Gasteiger charge is 2.41. The molecule has 0 aliphatic carbocycles. The maximum atomic E-state index is 5.28. The van der Waals surface area contributed by atoms with E-state index in [2.05, 4.69) is 12.0 Å². The van der Waals surface area contributed by atoms with E-state index in [1.165, 1.54) is 0 Å².